The number of hydrogen-bond donors (Lipinski definition) is 1. The van der Waals surface area contributed by atoms with E-state index in [1.165, 1.54) is 12.8 Å². The fourth-order valence-corrected chi connectivity index (χ4v) is 2.67. The lowest BCUT2D eigenvalue weighted by atomic mass is 10.1. The number of hydrogen-bond acceptors (Lipinski definition) is 4. The van der Waals surface area contributed by atoms with Crippen LogP contribution in [0, 0.1) is 0 Å². The third kappa shape index (κ3) is 3.08. The van der Waals surface area contributed by atoms with Crippen LogP contribution in [0.5, 0.6) is 5.75 Å². The van der Waals surface area contributed by atoms with Gasteiger partial charge in [-0.3, -0.25) is 0 Å². The highest BCUT2D eigenvalue weighted by atomic mass is 32.1. The van der Waals surface area contributed by atoms with Crippen molar-refractivity contribution in [2.24, 2.45) is 5.73 Å². The zero-order chi connectivity index (χ0) is 14.8. The van der Waals surface area contributed by atoms with Crippen LogP contribution >= 0.6 is 12.2 Å². The van der Waals surface area contributed by atoms with Crippen molar-refractivity contribution in [1.82, 2.24) is 4.98 Å². The molecule has 21 heavy (non-hydrogen) atoms. The molecule has 2 N–H and O–H groups in total. The molecule has 0 unspecified atom stereocenters. The molecule has 1 fully saturated rings. The predicted octanol–water partition coefficient (Wildman–Crippen LogP) is 2.89. The molecule has 0 spiro atoms. The van der Waals surface area contributed by atoms with Crippen LogP contribution in [0.15, 0.2) is 30.5 Å². The van der Waals surface area contributed by atoms with Gasteiger partial charge < -0.3 is 15.4 Å². The number of nitrogens with two attached hydrogens (primary N) is 1. The minimum atomic E-state index is 0.558. The van der Waals surface area contributed by atoms with Crippen LogP contribution in [0.25, 0.3) is 10.8 Å². The number of anilines is 1. The van der Waals surface area contributed by atoms with Crippen molar-refractivity contribution in [3.63, 3.8) is 0 Å². The lowest BCUT2D eigenvalue weighted by Gasteiger charge is -2.24. The highest BCUT2D eigenvalue weighted by Gasteiger charge is 2.30. The van der Waals surface area contributed by atoms with Crippen LogP contribution in [0.3, 0.4) is 0 Å². The average molecular weight is 301 g/mol. The van der Waals surface area contributed by atoms with Crippen molar-refractivity contribution in [3.05, 3.63) is 30.5 Å². The average Bonchev–Trinajstić information content (AvgIpc) is 3.31. The van der Waals surface area contributed by atoms with E-state index in [0.717, 1.165) is 35.3 Å². The maximum Gasteiger partial charge on any atom is 0.136 e. The van der Waals surface area contributed by atoms with Gasteiger partial charge in [0.2, 0.25) is 0 Å². The van der Waals surface area contributed by atoms with Crippen LogP contribution < -0.4 is 15.4 Å². The molecule has 0 aliphatic heterocycles. The quantitative estimate of drug-likeness (QED) is 0.831. The zero-order valence-corrected chi connectivity index (χ0v) is 12.9. The van der Waals surface area contributed by atoms with Crippen molar-refractivity contribution in [3.8, 4) is 5.75 Å². The molecule has 110 valence electrons. The summed E-state index contributed by atoms with van der Waals surface area (Å²) in [5, 5.41) is 2.29. The lowest BCUT2D eigenvalue weighted by molar-refractivity contribution is 0.415. The zero-order valence-electron chi connectivity index (χ0n) is 12.1. The normalized spacial score (nSPS) is 14.1. The molecule has 1 aromatic heterocycles. The van der Waals surface area contributed by atoms with Crippen LogP contribution in [0.2, 0.25) is 0 Å². The number of benzene rings is 1. The van der Waals surface area contributed by atoms with Crippen LogP contribution in [0.4, 0.5) is 5.82 Å². The second-order valence-corrected chi connectivity index (χ2v) is 5.89. The first-order valence-corrected chi connectivity index (χ1v) is 7.57. The van der Waals surface area contributed by atoms with Gasteiger partial charge in [-0.05, 0) is 42.5 Å². The number of fused-ring (bicyclic) bond motifs is 1. The molecule has 3 rings (SSSR count). The van der Waals surface area contributed by atoms with Crippen molar-refractivity contribution in [2.75, 3.05) is 18.6 Å². The Labute approximate surface area is 129 Å². The monoisotopic (exact) mass is 301 g/mol. The highest BCUT2D eigenvalue weighted by molar-refractivity contribution is 7.80. The van der Waals surface area contributed by atoms with Crippen LogP contribution in [-0.2, 0) is 0 Å². The largest absolute Gasteiger partial charge is 0.497 e. The van der Waals surface area contributed by atoms with E-state index in [1.54, 1.807) is 7.11 Å². The van der Waals surface area contributed by atoms with Crippen LogP contribution in [-0.4, -0.2) is 29.7 Å². The van der Waals surface area contributed by atoms with Crippen molar-refractivity contribution in [2.45, 2.75) is 25.3 Å². The topological polar surface area (TPSA) is 51.4 Å². The summed E-state index contributed by atoms with van der Waals surface area (Å²) in [5.74, 6) is 1.88. The number of ether oxygens (including phenoxy) is 1. The van der Waals surface area contributed by atoms with E-state index >= 15 is 0 Å². The molecule has 5 heteroatoms. The molecule has 1 saturated carbocycles. The maximum atomic E-state index is 5.66. The lowest BCUT2D eigenvalue weighted by Crippen LogP contribution is -2.30. The summed E-state index contributed by atoms with van der Waals surface area (Å²) in [5.41, 5.74) is 5.66. The molecule has 4 nitrogen and oxygen atoms in total. The Bertz CT molecular complexity index is 670. The molecular formula is C16H19N3OS. The Morgan fingerprint density at radius 2 is 2.24 bits per heavy atom. The van der Waals surface area contributed by atoms with E-state index in [1.807, 2.05) is 24.4 Å². The maximum absolute atomic E-state index is 5.66. The summed E-state index contributed by atoms with van der Waals surface area (Å²) >= 11 is 5.01. The fraction of sp³-hybridized carbons (Fsp3) is 0.375. The van der Waals surface area contributed by atoms with Gasteiger partial charge in [0.1, 0.15) is 11.6 Å². The summed E-state index contributed by atoms with van der Waals surface area (Å²) in [6.45, 7) is 0.831. The molecule has 1 aliphatic carbocycles. The Balaban J connectivity index is 1.98. The molecular weight excluding hydrogens is 282 g/mol. The minimum Gasteiger partial charge on any atom is -0.497 e. The van der Waals surface area contributed by atoms with Gasteiger partial charge in [-0.15, -0.1) is 0 Å². The Morgan fingerprint density at radius 1 is 1.43 bits per heavy atom. The molecule has 0 radical (unpaired) electrons. The predicted molar refractivity (Wildman–Crippen MR) is 90.1 cm³/mol. The van der Waals surface area contributed by atoms with Gasteiger partial charge in [0.15, 0.2) is 0 Å². The van der Waals surface area contributed by atoms with E-state index in [0.29, 0.717) is 11.0 Å². The highest BCUT2D eigenvalue weighted by Crippen LogP contribution is 2.35. The first-order chi connectivity index (χ1) is 10.2. The third-order valence-corrected chi connectivity index (χ3v) is 4.01. The Hall–Kier alpha value is -1.88. The molecule has 1 aromatic carbocycles. The van der Waals surface area contributed by atoms with Gasteiger partial charge in [-0.1, -0.05) is 12.2 Å². The van der Waals surface area contributed by atoms with E-state index in [4.69, 9.17) is 22.7 Å². The van der Waals surface area contributed by atoms with Gasteiger partial charge in [0.25, 0.3) is 0 Å². The first-order valence-electron chi connectivity index (χ1n) is 7.17. The number of methoxy groups -OCH3 is 1. The van der Waals surface area contributed by atoms with E-state index in [-0.39, 0.29) is 0 Å². The van der Waals surface area contributed by atoms with Crippen molar-refractivity contribution >= 4 is 33.8 Å². The number of aromatic nitrogens is 1. The number of thiocarbonyl (C=S) groups is 1. The molecule has 0 saturated heterocycles. The summed E-state index contributed by atoms with van der Waals surface area (Å²) in [6.07, 6.45) is 5.00. The fourth-order valence-electron chi connectivity index (χ4n) is 2.57. The molecule has 0 atom stereocenters. The Morgan fingerprint density at radius 3 is 2.90 bits per heavy atom. The molecule has 0 amide bonds. The van der Waals surface area contributed by atoms with E-state index in [2.05, 4.69) is 16.0 Å². The molecule has 0 bridgehead atoms. The van der Waals surface area contributed by atoms with Crippen molar-refractivity contribution < 1.29 is 4.74 Å². The minimum absolute atomic E-state index is 0.558. The summed E-state index contributed by atoms with van der Waals surface area (Å²) < 4.78 is 5.29. The van der Waals surface area contributed by atoms with Gasteiger partial charge >= 0.3 is 0 Å². The second-order valence-electron chi connectivity index (χ2n) is 5.36. The molecule has 2 aromatic rings. The SMILES string of the molecule is COc1ccc2c(N(CCC(N)=S)C3CC3)nccc2c1. The summed E-state index contributed by atoms with van der Waals surface area (Å²) in [6, 6.07) is 8.68. The van der Waals surface area contributed by atoms with Gasteiger partial charge in [-0.25, -0.2) is 4.98 Å². The first kappa shape index (κ1) is 14.1. The summed E-state index contributed by atoms with van der Waals surface area (Å²) in [7, 11) is 1.68. The standard InChI is InChI=1S/C16H19N3OS/c1-20-13-4-5-14-11(10-13)6-8-18-16(14)19(12-2-3-12)9-7-15(17)21/h4-6,8,10,12H,2-3,7,9H2,1H3,(H2,17,21). The Kier molecular flexibility index (Phi) is 3.92. The molecule has 1 aliphatic rings. The summed E-state index contributed by atoms with van der Waals surface area (Å²) in [4.78, 5) is 7.50. The van der Waals surface area contributed by atoms with E-state index < -0.39 is 0 Å². The number of rotatable bonds is 6. The molecule has 1 heterocycles. The second kappa shape index (κ2) is 5.85. The van der Waals surface area contributed by atoms with Gasteiger partial charge in [-0.2, -0.15) is 0 Å². The number of nitrogens with zero attached hydrogens (tertiary/aromatic N) is 2. The van der Waals surface area contributed by atoms with Crippen molar-refractivity contribution in [1.29, 1.82) is 0 Å². The smallest absolute Gasteiger partial charge is 0.136 e. The third-order valence-electron chi connectivity index (χ3n) is 3.81. The van der Waals surface area contributed by atoms with Gasteiger partial charge in [0.05, 0.1) is 12.1 Å². The van der Waals surface area contributed by atoms with Gasteiger partial charge in [0, 0.05) is 30.6 Å². The van der Waals surface area contributed by atoms with Crippen LogP contribution in [0.1, 0.15) is 19.3 Å². The number of pyridine rings is 1. The van der Waals surface area contributed by atoms with E-state index in [9.17, 15) is 0 Å².